The molecule has 3 nitrogen and oxygen atoms in total. The van der Waals surface area contributed by atoms with Crippen molar-refractivity contribution < 1.29 is 4.74 Å². The molecule has 0 atom stereocenters. The van der Waals surface area contributed by atoms with Crippen molar-refractivity contribution in [3.63, 3.8) is 0 Å². The molecule has 0 spiro atoms. The quantitative estimate of drug-likeness (QED) is 0.828. The summed E-state index contributed by atoms with van der Waals surface area (Å²) < 4.78 is 5.17. The molecule has 18 heavy (non-hydrogen) atoms. The largest absolute Gasteiger partial charge is 0.383 e. The van der Waals surface area contributed by atoms with Gasteiger partial charge in [-0.3, -0.25) is 0 Å². The number of benzene rings is 1. The van der Waals surface area contributed by atoms with Gasteiger partial charge in [0.05, 0.1) is 17.3 Å². The van der Waals surface area contributed by atoms with Gasteiger partial charge in [0.1, 0.15) is 0 Å². The van der Waals surface area contributed by atoms with E-state index >= 15 is 0 Å². The molecule has 0 unspecified atom stereocenters. The molecule has 0 fully saturated rings. The molecule has 0 radical (unpaired) electrons. The number of hydrogen-bond donors (Lipinski definition) is 1. The van der Waals surface area contributed by atoms with E-state index in [4.69, 9.17) is 22.1 Å². The van der Waals surface area contributed by atoms with Crippen LogP contribution in [0.25, 0.3) is 0 Å². The van der Waals surface area contributed by atoms with E-state index < -0.39 is 0 Å². The smallest absolute Gasteiger partial charge is 0.0642 e. The van der Waals surface area contributed by atoms with E-state index in [-0.39, 0.29) is 0 Å². The van der Waals surface area contributed by atoms with Gasteiger partial charge in [0.15, 0.2) is 0 Å². The van der Waals surface area contributed by atoms with E-state index in [1.165, 1.54) is 5.56 Å². The first kappa shape index (κ1) is 15.3. The molecular weight excluding hydrogens is 248 g/mol. The van der Waals surface area contributed by atoms with Gasteiger partial charge >= 0.3 is 0 Å². The molecule has 4 heteroatoms. The highest BCUT2D eigenvalue weighted by molar-refractivity contribution is 6.33. The van der Waals surface area contributed by atoms with E-state index in [0.29, 0.717) is 19.2 Å². The third-order valence-electron chi connectivity index (χ3n) is 2.93. The lowest BCUT2D eigenvalue weighted by molar-refractivity contribution is 0.204. The molecular formula is C14H23ClN2O. The predicted molar refractivity (Wildman–Crippen MR) is 78.6 cm³/mol. The topological polar surface area (TPSA) is 38.5 Å². The van der Waals surface area contributed by atoms with Gasteiger partial charge in [-0.05, 0) is 38.4 Å². The molecule has 0 aliphatic heterocycles. The second-order valence-electron chi connectivity index (χ2n) is 4.57. The standard InChI is InChI=1S/C14H23ClN2O/c1-11(2)17(9-10-18-3)14-12(7-8-16)5-4-6-13(14)15/h4-6,11H,7-10,16H2,1-3H3. The van der Waals surface area contributed by atoms with Crippen LogP contribution in [0, 0.1) is 0 Å². The Balaban J connectivity index is 3.08. The van der Waals surface area contributed by atoms with Crippen molar-refractivity contribution in [2.75, 3.05) is 31.7 Å². The molecule has 0 aromatic heterocycles. The van der Waals surface area contributed by atoms with Crippen molar-refractivity contribution >= 4 is 17.3 Å². The van der Waals surface area contributed by atoms with Gasteiger partial charge in [-0.1, -0.05) is 23.7 Å². The number of rotatable bonds is 7. The maximum absolute atomic E-state index is 6.36. The van der Waals surface area contributed by atoms with Crippen LogP contribution in [0.5, 0.6) is 0 Å². The van der Waals surface area contributed by atoms with E-state index in [0.717, 1.165) is 23.7 Å². The Morgan fingerprint density at radius 2 is 2.11 bits per heavy atom. The second kappa shape index (κ2) is 7.62. The maximum atomic E-state index is 6.36. The number of para-hydroxylation sites is 1. The zero-order valence-electron chi connectivity index (χ0n) is 11.4. The lowest BCUT2D eigenvalue weighted by atomic mass is 10.1. The second-order valence-corrected chi connectivity index (χ2v) is 4.97. The van der Waals surface area contributed by atoms with Crippen LogP contribution in [0.15, 0.2) is 18.2 Å². The van der Waals surface area contributed by atoms with Crippen molar-refractivity contribution in [3.8, 4) is 0 Å². The van der Waals surface area contributed by atoms with Crippen LogP contribution in [0.2, 0.25) is 5.02 Å². The molecule has 1 aromatic carbocycles. The number of hydrogen-bond acceptors (Lipinski definition) is 3. The number of halogens is 1. The summed E-state index contributed by atoms with van der Waals surface area (Å²) in [4.78, 5) is 2.27. The number of ether oxygens (including phenoxy) is 1. The van der Waals surface area contributed by atoms with Crippen LogP contribution in [0.4, 0.5) is 5.69 Å². The molecule has 0 saturated carbocycles. The first-order valence-electron chi connectivity index (χ1n) is 6.34. The van der Waals surface area contributed by atoms with Crippen LogP contribution < -0.4 is 10.6 Å². The summed E-state index contributed by atoms with van der Waals surface area (Å²) in [6, 6.07) is 6.37. The van der Waals surface area contributed by atoms with E-state index in [1.54, 1.807) is 7.11 Å². The van der Waals surface area contributed by atoms with E-state index in [2.05, 4.69) is 24.8 Å². The van der Waals surface area contributed by atoms with Gasteiger partial charge in [0, 0.05) is 19.7 Å². The number of methoxy groups -OCH3 is 1. The molecule has 0 amide bonds. The van der Waals surface area contributed by atoms with Gasteiger partial charge in [-0.2, -0.15) is 0 Å². The normalized spacial score (nSPS) is 11.0. The van der Waals surface area contributed by atoms with Gasteiger partial charge in [-0.25, -0.2) is 0 Å². The highest BCUT2D eigenvalue weighted by atomic mass is 35.5. The fraction of sp³-hybridized carbons (Fsp3) is 0.571. The van der Waals surface area contributed by atoms with Crippen LogP contribution in [-0.2, 0) is 11.2 Å². The molecule has 0 bridgehead atoms. The summed E-state index contributed by atoms with van der Waals surface area (Å²) in [6.45, 7) is 6.46. The van der Waals surface area contributed by atoms with Gasteiger partial charge in [-0.15, -0.1) is 0 Å². The van der Waals surface area contributed by atoms with Gasteiger partial charge in [0.2, 0.25) is 0 Å². The van der Waals surface area contributed by atoms with Crippen molar-refractivity contribution in [2.45, 2.75) is 26.3 Å². The molecule has 0 saturated heterocycles. The number of anilines is 1. The number of nitrogens with zero attached hydrogens (tertiary/aromatic N) is 1. The summed E-state index contributed by atoms with van der Waals surface area (Å²) in [5.74, 6) is 0. The fourth-order valence-electron chi connectivity index (χ4n) is 2.06. The van der Waals surface area contributed by atoms with Crippen molar-refractivity contribution in [2.24, 2.45) is 5.73 Å². The Morgan fingerprint density at radius 1 is 1.39 bits per heavy atom. The fourth-order valence-corrected chi connectivity index (χ4v) is 2.36. The predicted octanol–water partition coefficient (Wildman–Crippen LogP) is 2.70. The van der Waals surface area contributed by atoms with Gasteiger partial charge in [0.25, 0.3) is 0 Å². The summed E-state index contributed by atoms with van der Waals surface area (Å²) in [5.41, 5.74) is 7.97. The minimum Gasteiger partial charge on any atom is -0.383 e. The SMILES string of the molecule is COCCN(c1c(Cl)cccc1CCN)C(C)C. The maximum Gasteiger partial charge on any atom is 0.0642 e. The Labute approximate surface area is 115 Å². The average Bonchev–Trinajstić information content (AvgIpc) is 2.32. The first-order valence-corrected chi connectivity index (χ1v) is 6.72. The minimum atomic E-state index is 0.372. The molecule has 1 aromatic rings. The molecule has 102 valence electrons. The monoisotopic (exact) mass is 270 g/mol. The third-order valence-corrected chi connectivity index (χ3v) is 3.24. The summed E-state index contributed by atoms with van der Waals surface area (Å²) in [5, 5.41) is 0.783. The lowest BCUT2D eigenvalue weighted by Crippen LogP contribution is -2.35. The molecule has 2 N–H and O–H groups in total. The molecule has 0 heterocycles. The van der Waals surface area contributed by atoms with Crippen LogP contribution in [0.1, 0.15) is 19.4 Å². The van der Waals surface area contributed by atoms with E-state index in [1.807, 2.05) is 12.1 Å². The highest BCUT2D eigenvalue weighted by Crippen LogP contribution is 2.31. The first-order chi connectivity index (χ1) is 8.61. The zero-order chi connectivity index (χ0) is 13.5. The van der Waals surface area contributed by atoms with Crippen LogP contribution in [-0.4, -0.2) is 32.8 Å². The lowest BCUT2D eigenvalue weighted by Gasteiger charge is -2.31. The Kier molecular flexibility index (Phi) is 6.47. The van der Waals surface area contributed by atoms with Crippen molar-refractivity contribution in [1.82, 2.24) is 0 Å². The van der Waals surface area contributed by atoms with Gasteiger partial charge < -0.3 is 15.4 Å². The summed E-state index contributed by atoms with van der Waals surface area (Å²) in [6.07, 6.45) is 0.839. The number of nitrogens with two attached hydrogens (primary N) is 1. The van der Waals surface area contributed by atoms with E-state index in [9.17, 15) is 0 Å². The Hall–Kier alpha value is -0.770. The molecule has 0 aliphatic rings. The van der Waals surface area contributed by atoms with Crippen molar-refractivity contribution in [3.05, 3.63) is 28.8 Å². The Bertz CT molecular complexity index is 369. The summed E-state index contributed by atoms with van der Waals surface area (Å²) in [7, 11) is 1.71. The molecule has 1 rings (SSSR count). The van der Waals surface area contributed by atoms with Crippen LogP contribution in [0.3, 0.4) is 0 Å². The average molecular weight is 271 g/mol. The summed E-state index contributed by atoms with van der Waals surface area (Å²) >= 11 is 6.36. The van der Waals surface area contributed by atoms with Crippen LogP contribution >= 0.6 is 11.6 Å². The third kappa shape index (κ3) is 3.87. The zero-order valence-corrected chi connectivity index (χ0v) is 12.2. The Morgan fingerprint density at radius 3 is 2.67 bits per heavy atom. The highest BCUT2D eigenvalue weighted by Gasteiger charge is 2.17. The van der Waals surface area contributed by atoms with Crippen molar-refractivity contribution in [1.29, 1.82) is 0 Å². The molecule has 0 aliphatic carbocycles. The minimum absolute atomic E-state index is 0.372.